The molecule has 0 aliphatic heterocycles. The van der Waals surface area contributed by atoms with Crippen molar-refractivity contribution in [2.45, 2.75) is 37.9 Å². The minimum Gasteiger partial charge on any atom is -0.381 e. The summed E-state index contributed by atoms with van der Waals surface area (Å²) in [5, 5.41) is 12.3. The predicted octanol–water partition coefficient (Wildman–Crippen LogP) is 4.74. The predicted molar refractivity (Wildman–Crippen MR) is 71.6 cm³/mol. The fraction of sp³-hybridized carbons (Fsp3) is 0.500. The first-order valence-corrected chi connectivity index (χ1v) is 6.81. The maximum Gasteiger partial charge on any atom is 0.391 e. The van der Waals surface area contributed by atoms with Crippen molar-refractivity contribution in [3.63, 3.8) is 0 Å². The van der Waals surface area contributed by atoms with Crippen LogP contribution in [-0.4, -0.2) is 12.2 Å². The van der Waals surface area contributed by atoms with Gasteiger partial charge < -0.3 is 5.32 Å². The second-order valence-corrected chi connectivity index (χ2v) is 5.45. The first-order valence-electron chi connectivity index (χ1n) is 6.43. The summed E-state index contributed by atoms with van der Waals surface area (Å²) in [5.41, 5.74) is 1.13. The zero-order chi connectivity index (χ0) is 14.8. The molecule has 0 heterocycles. The highest BCUT2D eigenvalue weighted by molar-refractivity contribution is 6.33. The molecule has 0 radical (unpaired) electrons. The van der Waals surface area contributed by atoms with Crippen LogP contribution in [0.3, 0.4) is 0 Å². The summed E-state index contributed by atoms with van der Waals surface area (Å²) in [6, 6.07) is 6.86. The largest absolute Gasteiger partial charge is 0.391 e. The Bertz CT molecular complexity index is 514. The second kappa shape index (κ2) is 5.92. The number of benzene rings is 1. The first kappa shape index (κ1) is 15.0. The average molecular weight is 303 g/mol. The maximum absolute atomic E-state index is 12.6. The Balaban J connectivity index is 1.95. The first-order chi connectivity index (χ1) is 9.40. The molecule has 0 bridgehead atoms. The third kappa shape index (κ3) is 3.57. The Morgan fingerprint density at radius 1 is 1.20 bits per heavy atom. The summed E-state index contributed by atoms with van der Waals surface area (Å²) >= 11 is 6.04. The number of hydrogen-bond donors (Lipinski definition) is 1. The van der Waals surface area contributed by atoms with Crippen molar-refractivity contribution in [1.82, 2.24) is 0 Å². The van der Waals surface area contributed by atoms with E-state index in [0.29, 0.717) is 29.1 Å². The lowest BCUT2D eigenvalue weighted by Gasteiger charge is -2.31. The number of halogens is 4. The molecule has 1 N–H and O–H groups in total. The van der Waals surface area contributed by atoms with E-state index in [1.807, 2.05) is 6.07 Å². The molecule has 0 spiro atoms. The number of hydrogen-bond acceptors (Lipinski definition) is 2. The van der Waals surface area contributed by atoms with Crippen molar-refractivity contribution in [3.05, 3.63) is 28.8 Å². The number of alkyl halides is 3. The van der Waals surface area contributed by atoms with Gasteiger partial charge in [0.2, 0.25) is 0 Å². The number of nitrogens with one attached hydrogen (secondary N) is 1. The van der Waals surface area contributed by atoms with Crippen LogP contribution in [0.15, 0.2) is 18.2 Å². The number of nitrogens with zero attached hydrogens (tertiary/aromatic N) is 1. The van der Waals surface area contributed by atoms with Gasteiger partial charge >= 0.3 is 6.18 Å². The minimum absolute atomic E-state index is 0.000893. The molecule has 2 nitrogen and oxygen atoms in total. The topological polar surface area (TPSA) is 35.8 Å². The fourth-order valence-electron chi connectivity index (χ4n) is 2.49. The molecule has 6 heteroatoms. The summed E-state index contributed by atoms with van der Waals surface area (Å²) in [6.07, 6.45) is -2.85. The van der Waals surface area contributed by atoms with Crippen LogP contribution in [0.2, 0.25) is 5.02 Å². The van der Waals surface area contributed by atoms with Crippen molar-refractivity contribution in [2.75, 3.05) is 5.32 Å². The fourth-order valence-corrected chi connectivity index (χ4v) is 2.72. The highest BCUT2D eigenvalue weighted by Gasteiger charge is 2.41. The van der Waals surface area contributed by atoms with Gasteiger partial charge in [0.15, 0.2) is 0 Å². The van der Waals surface area contributed by atoms with Crippen molar-refractivity contribution in [3.8, 4) is 6.07 Å². The average Bonchev–Trinajstić information content (AvgIpc) is 2.40. The molecular formula is C14H14ClF3N2. The molecular weight excluding hydrogens is 289 g/mol. The normalized spacial score (nSPS) is 23.1. The molecule has 1 aromatic carbocycles. The molecule has 108 valence electrons. The number of nitriles is 1. The Hall–Kier alpha value is -1.41. The van der Waals surface area contributed by atoms with Gasteiger partial charge in [-0.15, -0.1) is 0 Å². The zero-order valence-corrected chi connectivity index (χ0v) is 11.4. The third-order valence-corrected chi connectivity index (χ3v) is 3.96. The van der Waals surface area contributed by atoms with E-state index in [4.69, 9.17) is 16.9 Å². The molecule has 1 saturated carbocycles. The molecule has 0 atom stereocenters. The number of anilines is 1. The molecule has 1 aliphatic rings. The lowest BCUT2D eigenvalue weighted by molar-refractivity contribution is -0.182. The lowest BCUT2D eigenvalue weighted by atomic mass is 9.85. The lowest BCUT2D eigenvalue weighted by Crippen LogP contribution is -2.32. The van der Waals surface area contributed by atoms with Gasteiger partial charge in [-0.05, 0) is 43.9 Å². The highest BCUT2D eigenvalue weighted by atomic mass is 35.5. The zero-order valence-electron chi connectivity index (χ0n) is 10.7. The number of rotatable bonds is 2. The van der Waals surface area contributed by atoms with E-state index < -0.39 is 12.1 Å². The summed E-state index contributed by atoms with van der Waals surface area (Å²) in [5.74, 6) is -1.18. The summed E-state index contributed by atoms with van der Waals surface area (Å²) in [4.78, 5) is 0. The van der Waals surface area contributed by atoms with E-state index in [-0.39, 0.29) is 18.9 Å². The maximum atomic E-state index is 12.6. The smallest absolute Gasteiger partial charge is 0.381 e. The van der Waals surface area contributed by atoms with Gasteiger partial charge in [0.05, 0.1) is 28.3 Å². The van der Waals surface area contributed by atoms with Crippen LogP contribution >= 0.6 is 11.6 Å². The van der Waals surface area contributed by atoms with Gasteiger partial charge in [-0.1, -0.05) is 11.6 Å². The van der Waals surface area contributed by atoms with Gasteiger partial charge in [0.1, 0.15) is 0 Å². The Morgan fingerprint density at radius 3 is 2.35 bits per heavy atom. The third-order valence-electron chi connectivity index (χ3n) is 3.65. The van der Waals surface area contributed by atoms with E-state index in [2.05, 4.69) is 5.32 Å². The quantitative estimate of drug-likeness (QED) is 0.856. The molecule has 0 aromatic heterocycles. The van der Waals surface area contributed by atoms with E-state index in [1.165, 1.54) is 0 Å². The van der Waals surface area contributed by atoms with Crippen LogP contribution in [0.4, 0.5) is 18.9 Å². The highest BCUT2D eigenvalue weighted by Crippen LogP contribution is 2.38. The minimum atomic E-state index is -4.09. The monoisotopic (exact) mass is 302 g/mol. The van der Waals surface area contributed by atoms with Crippen molar-refractivity contribution in [2.24, 2.45) is 5.92 Å². The standard InChI is InChI=1S/C14H14ClF3N2/c15-12-7-9(8-19)1-6-13(12)20-11-4-2-10(3-5-11)14(16,17)18/h1,6-7,10-11,20H,2-5H2. The summed E-state index contributed by atoms with van der Waals surface area (Å²) in [6.45, 7) is 0. The van der Waals surface area contributed by atoms with Crippen LogP contribution in [0.25, 0.3) is 0 Å². The van der Waals surface area contributed by atoms with Gasteiger partial charge in [-0.2, -0.15) is 18.4 Å². The van der Waals surface area contributed by atoms with Crippen LogP contribution in [0.1, 0.15) is 31.2 Å². The molecule has 1 aliphatic carbocycles. The summed E-state index contributed by atoms with van der Waals surface area (Å²) < 4.78 is 37.7. The molecule has 20 heavy (non-hydrogen) atoms. The van der Waals surface area contributed by atoms with E-state index in [0.717, 1.165) is 0 Å². The van der Waals surface area contributed by atoms with Crippen LogP contribution < -0.4 is 5.32 Å². The molecule has 1 aromatic rings. The van der Waals surface area contributed by atoms with Gasteiger partial charge in [-0.25, -0.2) is 0 Å². The van der Waals surface area contributed by atoms with Crippen LogP contribution in [0.5, 0.6) is 0 Å². The van der Waals surface area contributed by atoms with Crippen molar-refractivity contribution in [1.29, 1.82) is 5.26 Å². The Labute approximate surface area is 120 Å². The molecule has 2 rings (SSSR count). The van der Waals surface area contributed by atoms with E-state index in [9.17, 15) is 13.2 Å². The molecule has 1 fully saturated rings. The second-order valence-electron chi connectivity index (χ2n) is 5.04. The van der Waals surface area contributed by atoms with Gasteiger partial charge in [0, 0.05) is 6.04 Å². The van der Waals surface area contributed by atoms with E-state index in [1.54, 1.807) is 18.2 Å². The van der Waals surface area contributed by atoms with Crippen molar-refractivity contribution < 1.29 is 13.2 Å². The Morgan fingerprint density at radius 2 is 1.85 bits per heavy atom. The molecule has 0 amide bonds. The Kier molecular flexibility index (Phi) is 4.44. The van der Waals surface area contributed by atoms with Crippen LogP contribution in [-0.2, 0) is 0 Å². The summed E-state index contributed by atoms with van der Waals surface area (Å²) in [7, 11) is 0. The van der Waals surface area contributed by atoms with Crippen molar-refractivity contribution >= 4 is 17.3 Å². The molecule has 0 unspecified atom stereocenters. The van der Waals surface area contributed by atoms with Gasteiger partial charge in [-0.3, -0.25) is 0 Å². The van der Waals surface area contributed by atoms with Crippen LogP contribution in [0, 0.1) is 17.2 Å². The van der Waals surface area contributed by atoms with E-state index >= 15 is 0 Å². The van der Waals surface area contributed by atoms with Gasteiger partial charge in [0.25, 0.3) is 0 Å². The SMILES string of the molecule is N#Cc1ccc(NC2CCC(C(F)(F)F)CC2)c(Cl)c1. The molecule has 0 saturated heterocycles.